The lowest BCUT2D eigenvalue weighted by atomic mass is 9.97. The van der Waals surface area contributed by atoms with Crippen LogP contribution in [0, 0.1) is 0 Å². The maximum atomic E-state index is 13.4. The molecular weight excluding hydrogens is 1210 g/mol. The minimum atomic E-state index is -1.80. The molecule has 2 aliphatic rings. The van der Waals surface area contributed by atoms with Gasteiger partial charge in [-0.15, -0.1) is 0 Å². The molecule has 0 radical (unpaired) electrons. The largest absolute Gasteiger partial charge is 0.394 e. The van der Waals surface area contributed by atoms with E-state index in [1.807, 2.05) is 6.08 Å². The zero-order valence-corrected chi connectivity index (χ0v) is 60.1. The molecule has 12 unspecified atom stereocenters. The summed E-state index contributed by atoms with van der Waals surface area (Å²) in [6.45, 7) is 2.67. The zero-order valence-electron chi connectivity index (χ0n) is 60.1. The van der Waals surface area contributed by atoms with Crippen molar-refractivity contribution in [2.45, 2.75) is 357 Å². The Bertz CT molecular complexity index is 2130. The molecule has 0 aromatic heterocycles. The van der Waals surface area contributed by atoms with Gasteiger partial charge in [0.1, 0.15) is 48.8 Å². The van der Waals surface area contributed by atoms with Crippen LogP contribution in [0.2, 0.25) is 0 Å². The molecule has 9 N–H and O–H groups in total. The van der Waals surface area contributed by atoms with Crippen LogP contribution in [0.15, 0.2) is 134 Å². The number of aliphatic hydroxyl groups is 8. The van der Waals surface area contributed by atoms with E-state index in [2.05, 4.69) is 141 Å². The summed E-state index contributed by atoms with van der Waals surface area (Å²) in [6.07, 6.45) is 79.5. The highest BCUT2D eigenvalue weighted by Crippen LogP contribution is 2.30. The van der Waals surface area contributed by atoms with Gasteiger partial charge in [-0.05, 0) is 109 Å². The van der Waals surface area contributed by atoms with Crippen LogP contribution in [-0.4, -0.2) is 140 Å². The van der Waals surface area contributed by atoms with E-state index in [-0.39, 0.29) is 18.9 Å². The number of hydrogen-bond donors (Lipinski definition) is 9. The van der Waals surface area contributed by atoms with E-state index < -0.39 is 86.8 Å². The predicted molar refractivity (Wildman–Crippen MR) is 396 cm³/mol. The molecule has 1 amide bonds. The molecule has 14 heteroatoms. The van der Waals surface area contributed by atoms with Gasteiger partial charge in [-0.3, -0.25) is 4.79 Å². The standard InChI is InChI=1S/C82H139NO13/c1-3-5-7-9-11-13-15-17-19-21-23-25-26-27-28-29-30-31-32-33-34-35-36-37-38-39-40-41-42-43-44-46-48-50-52-54-56-58-60-62-64-66-74(87)83-70(71(86)65-63-61-59-57-55-53-51-49-47-45-24-22-20-18-16-14-12-10-8-6-4-2)69-93-81-79(92)77(90)80(73(68-85)95-81)96-82-78(91)76(89)75(88)72(67-84)94-82/h5,7,11,13,17,19,23,25,27-28,30-31,33-34,36-37,47,49,55,57,63,65,70-73,75-82,84-86,88-92H,3-4,6,8-10,12,14-16,18,20-22,24,26,29,32,35,38-46,48,50-54,56,58-62,64,66-69H2,1-2H3,(H,83,87)/b7-5-,13-11-,19-17-,25-23-,28-27-,31-30-,34-33-,37-36-,49-47+,57-55+,65-63+. The third kappa shape index (κ3) is 47.2. The van der Waals surface area contributed by atoms with Crippen molar-refractivity contribution in [3.05, 3.63) is 134 Å². The van der Waals surface area contributed by atoms with Crippen molar-refractivity contribution in [1.82, 2.24) is 5.32 Å². The van der Waals surface area contributed by atoms with E-state index in [4.69, 9.17) is 18.9 Å². The molecule has 2 rings (SSSR count). The van der Waals surface area contributed by atoms with Crippen molar-refractivity contribution >= 4 is 5.91 Å². The van der Waals surface area contributed by atoms with Crippen molar-refractivity contribution in [2.75, 3.05) is 19.8 Å². The Kier molecular flexibility index (Phi) is 59.3. The van der Waals surface area contributed by atoms with Crippen molar-refractivity contribution in [3.8, 4) is 0 Å². The minimum Gasteiger partial charge on any atom is -0.394 e. The van der Waals surface area contributed by atoms with Crippen molar-refractivity contribution in [1.29, 1.82) is 0 Å². The lowest BCUT2D eigenvalue weighted by molar-refractivity contribution is -0.359. The Labute approximate surface area is 583 Å². The van der Waals surface area contributed by atoms with Gasteiger partial charge < -0.3 is 65.1 Å². The van der Waals surface area contributed by atoms with Crippen LogP contribution in [0.1, 0.15) is 284 Å². The second-order valence-corrected chi connectivity index (χ2v) is 26.4. The van der Waals surface area contributed by atoms with Crippen molar-refractivity contribution in [3.63, 3.8) is 0 Å². The maximum Gasteiger partial charge on any atom is 0.220 e. The van der Waals surface area contributed by atoms with E-state index in [0.29, 0.717) is 12.8 Å². The van der Waals surface area contributed by atoms with Gasteiger partial charge in [0.15, 0.2) is 12.6 Å². The second kappa shape index (κ2) is 64.5. The number of amides is 1. The monoisotopic (exact) mass is 1350 g/mol. The highest BCUT2D eigenvalue weighted by atomic mass is 16.7. The van der Waals surface area contributed by atoms with E-state index in [0.717, 1.165) is 96.3 Å². The summed E-state index contributed by atoms with van der Waals surface area (Å²) in [5.74, 6) is -0.255. The number of rotatable bonds is 62. The molecule has 0 spiro atoms. The molecule has 0 saturated carbocycles. The van der Waals surface area contributed by atoms with Gasteiger partial charge in [0.2, 0.25) is 5.91 Å². The molecule has 2 saturated heterocycles. The van der Waals surface area contributed by atoms with Crippen LogP contribution in [-0.2, 0) is 23.7 Å². The second-order valence-electron chi connectivity index (χ2n) is 26.4. The molecular formula is C82H139NO13. The summed E-state index contributed by atoms with van der Waals surface area (Å²) in [5, 5.41) is 87.5. The van der Waals surface area contributed by atoms with Gasteiger partial charge in [-0.2, -0.15) is 0 Å². The Balaban J connectivity index is 1.61. The van der Waals surface area contributed by atoms with E-state index >= 15 is 0 Å². The van der Waals surface area contributed by atoms with E-state index in [1.165, 1.54) is 154 Å². The first-order valence-electron chi connectivity index (χ1n) is 38.4. The third-order valence-electron chi connectivity index (χ3n) is 17.8. The van der Waals surface area contributed by atoms with E-state index in [9.17, 15) is 45.6 Å². The van der Waals surface area contributed by atoms with Crippen LogP contribution in [0.5, 0.6) is 0 Å². The SMILES string of the molecule is CC/C=C\C/C=C\C/C=C\C/C=C\C/C=C\C/C=C\C/C=C\C/C=C\CCCCCCCCCCCCCCCCCCC(=O)NC(COC1OC(CO)C(OC2OC(CO)C(O)C(O)C2O)C(O)C1O)C(O)/C=C/CC/C=C/CC/C=C/CCCCCCCCCCCCC. The predicted octanol–water partition coefficient (Wildman–Crippen LogP) is 17.0. The van der Waals surface area contributed by atoms with Gasteiger partial charge in [-0.25, -0.2) is 0 Å². The highest BCUT2D eigenvalue weighted by Gasteiger charge is 2.51. The fraction of sp³-hybridized carbons (Fsp3) is 0.720. The molecule has 0 aliphatic carbocycles. The highest BCUT2D eigenvalue weighted by molar-refractivity contribution is 5.76. The van der Waals surface area contributed by atoms with Crippen LogP contribution in [0.3, 0.4) is 0 Å². The lowest BCUT2D eigenvalue weighted by Gasteiger charge is -2.46. The first-order chi connectivity index (χ1) is 47.1. The molecule has 14 nitrogen and oxygen atoms in total. The van der Waals surface area contributed by atoms with Crippen LogP contribution in [0.4, 0.5) is 0 Å². The molecule has 96 heavy (non-hydrogen) atoms. The number of unbranched alkanes of at least 4 members (excludes halogenated alkanes) is 29. The van der Waals surface area contributed by atoms with Crippen LogP contribution < -0.4 is 5.32 Å². The molecule has 2 fully saturated rings. The number of allylic oxidation sites excluding steroid dienone is 21. The normalized spacial score (nSPS) is 23.0. The first kappa shape index (κ1) is 88.2. The van der Waals surface area contributed by atoms with Crippen LogP contribution >= 0.6 is 0 Å². The van der Waals surface area contributed by atoms with Crippen molar-refractivity contribution < 1.29 is 64.6 Å². The van der Waals surface area contributed by atoms with Crippen molar-refractivity contribution in [2.24, 2.45) is 0 Å². The molecule has 550 valence electrons. The number of carbonyl (C=O) groups excluding carboxylic acids is 1. The Morgan fingerprint density at radius 1 is 0.385 bits per heavy atom. The summed E-state index contributed by atoms with van der Waals surface area (Å²) in [6, 6.07) is -0.946. The molecule has 2 aliphatic heterocycles. The van der Waals surface area contributed by atoms with Gasteiger partial charge in [0.25, 0.3) is 0 Å². The third-order valence-corrected chi connectivity index (χ3v) is 17.8. The average molecular weight is 1350 g/mol. The number of nitrogens with one attached hydrogen (secondary N) is 1. The Hall–Kier alpha value is -3.87. The summed E-state index contributed by atoms with van der Waals surface area (Å²) < 4.78 is 22.9. The number of carbonyl (C=O) groups is 1. The number of aliphatic hydroxyl groups excluding tert-OH is 8. The number of ether oxygens (including phenoxy) is 4. The average Bonchev–Trinajstić information content (AvgIpc) is 0.807. The summed E-state index contributed by atoms with van der Waals surface area (Å²) in [5.41, 5.74) is 0. The molecule has 0 aromatic rings. The smallest absolute Gasteiger partial charge is 0.220 e. The fourth-order valence-corrected chi connectivity index (χ4v) is 11.8. The minimum absolute atomic E-state index is 0.255. The molecule has 12 atom stereocenters. The topological polar surface area (TPSA) is 228 Å². The van der Waals surface area contributed by atoms with Gasteiger partial charge in [0, 0.05) is 6.42 Å². The van der Waals surface area contributed by atoms with Gasteiger partial charge in [0.05, 0.1) is 32.0 Å². The lowest BCUT2D eigenvalue weighted by Crippen LogP contribution is -2.65. The van der Waals surface area contributed by atoms with Gasteiger partial charge in [-0.1, -0.05) is 302 Å². The fourth-order valence-electron chi connectivity index (χ4n) is 11.8. The summed E-state index contributed by atoms with van der Waals surface area (Å²) >= 11 is 0. The maximum absolute atomic E-state index is 13.4. The molecule has 2 heterocycles. The first-order valence-corrected chi connectivity index (χ1v) is 38.4. The zero-order chi connectivity index (χ0) is 69.4. The summed E-state index contributed by atoms with van der Waals surface area (Å²) in [4.78, 5) is 13.4. The molecule has 0 aromatic carbocycles. The quantitative estimate of drug-likeness (QED) is 0.0204. The Morgan fingerprint density at radius 2 is 0.729 bits per heavy atom. The Morgan fingerprint density at radius 3 is 1.15 bits per heavy atom. The van der Waals surface area contributed by atoms with Gasteiger partial charge >= 0.3 is 0 Å². The van der Waals surface area contributed by atoms with E-state index in [1.54, 1.807) is 6.08 Å². The molecule has 0 bridgehead atoms. The summed E-state index contributed by atoms with van der Waals surface area (Å²) in [7, 11) is 0. The van der Waals surface area contributed by atoms with Crippen LogP contribution in [0.25, 0.3) is 0 Å². The number of hydrogen-bond acceptors (Lipinski definition) is 13.